The molecule has 0 radical (unpaired) electrons. The molecule has 220 valence electrons. The van der Waals surface area contributed by atoms with E-state index < -0.39 is 16.9 Å². The fourth-order valence-electron chi connectivity index (χ4n) is 5.10. The van der Waals surface area contributed by atoms with Crippen molar-refractivity contribution in [2.75, 3.05) is 13.7 Å². The van der Waals surface area contributed by atoms with Gasteiger partial charge in [-0.2, -0.15) is 0 Å². The van der Waals surface area contributed by atoms with Crippen molar-refractivity contribution in [2.24, 2.45) is 4.99 Å². The Morgan fingerprint density at radius 1 is 1.07 bits per heavy atom. The lowest BCUT2D eigenvalue weighted by Gasteiger charge is -2.25. The van der Waals surface area contributed by atoms with Crippen molar-refractivity contribution in [1.82, 2.24) is 4.57 Å². The summed E-state index contributed by atoms with van der Waals surface area (Å²) in [6, 6.07) is 25.4. The zero-order chi connectivity index (χ0) is 30.8. The van der Waals surface area contributed by atoms with Crippen LogP contribution in [0.4, 0.5) is 5.69 Å². The molecule has 0 spiro atoms. The highest BCUT2D eigenvalue weighted by molar-refractivity contribution is 7.07. The largest absolute Gasteiger partial charge is 0.496 e. The Balaban J connectivity index is 1.53. The Morgan fingerprint density at radius 3 is 2.48 bits per heavy atom. The summed E-state index contributed by atoms with van der Waals surface area (Å²) in [7, 11) is 1.46. The Bertz CT molecular complexity index is 2090. The standard InChI is InChI=1S/C33H25N3O7S/c1-3-42-32(38)28-29(20-10-6-4-7-11-20)34-33-35(30(28)21-12-8-5-9-13-21)31(37)27(44-33)19-23-15-17-26(43-23)24-18-22(36(39)40)14-16-25(24)41-2/h4-19,30H,3H2,1-2H3/b27-19-. The molecule has 1 aliphatic rings. The summed E-state index contributed by atoms with van der Waals surface area (Å²) in [4.78, 5) is 43.7. The van der Waals surface area contributed by atoms with Gasteiger partial charge in [0.05, 0.1) is 46.0 Å². The van der Waals surface area contributed by atoms with Crippen LogP contribution >= 0.6 is 11.3 Å². The maximum Gasteiger partial charge on any atom is 0.338 e. The van der Waals surface area contributed by atoms with Crippen molar-refractivity contribution in [2.45, 2.75) is 13.0 Å². The number of carbonyl (C=O) groups is 1. The topological polar surface area (TPSA) is 126 Å². The molecule has 0 saturated carbocycles. The van der Waals surface area contributed by atoms with Crippen LogP contribution in [0, 0.1) is 10.1 Å². The molecule has 5 aromatic rings. The van der Waals surface area contributed by atoms with Gasteiger partial charge in [-0.15, -0.1) is 0 Å². The Morgan fingerprint density at radius 2 is 1.80 bits per heavy atom. The van der Waals surface area contributed by atoms with Gasteiger partial charge in [-0.25, -0.2) is 9.79 Å². The minimum absolute atomic E-state index is 0.111. The lowest BCUT2D eigenvalue weighted by molar-refractivity contribution is -0.384. The average Bonchev–Trinajstić information content (AvgIpc) is 3.64. The number of thiazole rings is 1. The number of nitro groups is 1. The number of non-ortho nitro benzene ring substituents is 1. The molecule has 0 amide bonds. The normalized spacial score (nSPS) is 14.6. The maximum absolute atomic E-state index is 14.0. The van der Waals surface area contributed by atoms with E-state index in [0.717, 1.165) is 11.1 Å². The zero-order valence-corrected chi connectivity index (χ0v) is 24.4. The summed E-state index contributed by atoms with van der Waals surface area (Å²) >= 11 is 1.17. The minimum atomic E-state index is -0.787. The molecule has 1 aliphatic heterocycles. The van der Waals surface area contributed by atoms with Crippen molar-refractivity contribution < 1.29 is 23.6 Å². The van der Waals surface area contributed by atoms with Crippen LogP contribution in [-0.2, 0) is 9.53 Å². The summed E-state index contributed by atoms with van der Waals surface area (Å²) in [5.74, 6) is 0.532. The number of nitrogens with zero attached hydrogens (tertiary/aromatic N) is 3. The first-order valence-electron chi connectivity index (χ1n) is 13.7. The van der Waals surface area contributed by atoms with Gasteiger partial charge in [-0.05, 0) is 30.7 Å². The number of hydrogen-bond donors (Lipinski definition) is 0. The van der Waals surface area contributed by atoms with E-state index in [-0.39, 0.29) is 23.4 Å². The van der Waals surface area contributed by atoms with Gasteiger partial charge in [0, 0.05) is 23.8 Å². The fraction of sp³-hybridized carbons (Fsp3) is 0.121. The Hall–Kier alpha value is -5.55. The van der Waals surface area contributed by atoms with E-state index in [9.17, 15) is 19.7 Å². The molecule has 6 rings (SSSR count). The number of hydrogen-bond acceptors (Lipinski definition) is 9. The highest BCUT2D eigenvalue weighted by atomic mass is 32.1. The predicted octanol–water partition coefficient (Wildman–Crippen LogP) is 5.11. The van der Waals surface area contributed by atoms with Crippen LogP contribution in [0.25, 0.3) is 23.1 Å². The molecule has 0 fully saturated rings. The molecular weight excluding hydrogens is 582 g/mol. The van der Waals surface area contributed by atoms with Crippen molar-refractivity contribution in [1.29, 1.82) is 0 Å². The van der Waals surface area contributed by atoms with E-state index in [1.165, 1.54) is 41.2 Å². The number of ether oxygens (including phenoxy) is 2. The first kappa shape index (κ1) is 28.6. The van der Waals surface area contributed by atoms with E-state index in [1.54, 1.807) is 25.1 Å². The summed E-state index contributed by atoms with van der Waals surface area (Å²) < 4.78 is 18.7. The second-order valence-corrected chi connectivity index (χ2v) is 10.7. The molecule has 3 aromatic carbocycles. The van der Waals surface area contributed by atoms with E-state index in [4.69, 9.17) is 18.9 Å². The number of methoxy groups -OCH3 is 1. The second-order valence-electron chi connectivity index (χ2n) is 9.69. The smallest absolute Gasteiger partial charge is 0.338 e. The SMILES string of the molecule is CCOC(=O)C1=C(c2ccccc2)N=c2s/c(=C\c3ccc(-c4cc([N+](=O)[O-])ccc4OC)o3)c(=O)n2C1c1ccccc1. The molecule has 2 aromatic heterocycles. The molecule has 3 heterocycles. The summed E-state index contributed by atoms with van der Waals surface area (Å²) in [6.45, 7) is 1.89. The van der Waals surface area contributed by atoms with Crippen LogP contribution in [-0.4, -0.2) is 29.2 Å². The van der Waals surface area contributed by atoms with Crippen molar-refractivity contribution in [3.63, 3.8) is 0 Å². The van der Waals surface area contributed by atoms with Gasteiger partial charge in [0.15, 0.2) is 4.80 Å². The van der Waals surface area contributed by atoms with Gasteiger partial charge in [0.2, 0.25) is 0 Å². The van der Waals surface area contributed by atoms with Gasteiger partial charge >= 0.3 is 5.97 Å². The number of fused-ring (bicyclic) bond motifs is 1. The number of aromatic nitrogens is 1. The van der Waals surface area contributed by atoms with Crippen LogP contribution in [0.1, 0.15) is 29.9 Å². The average molecular weight is 608 g/mol. The highest BCUT2D eigenvalue weighted by Crippen LogP contribution is 2.36. The number of carbonyl (C=O) groups excluding carboxylic acids is 1. The first-order valence-corrected chi connectivity index (χ1v) is 14.5. The summed E-state index contributed by atoms with van der Waals surface area (Å²) in [5.41, 5.74) is 2.07. The predicted molar refractivity (Wildman–Crippen MR) is 165 cm³/mol. The highest BCUT2D eigenvalue weighted by Gasteiger charge is 2.35. The molecule has 0 saturated heterocycles. The van der Waals surface area contributed by atoms with Crippen LogP contribution in [0.5, 0.6) is 5.75 Å². The zero-order valence-electron chi connectivity index (χ0n) is 23.6. The molecule has 0 bridgehead atoms. The molecule has 1 atom stereocenters. The third-order valence-corrected chi connectivity index (χ3v) is 8.03. The van der Waals surface area contributed by atoms with E-state index in [2.05, 4.69) is 0 Å². The van der Waals surface area contributed by atoms with Crippen molar-refractivity contribution in [3.05, 3.63) is 143 Å². The minimum Gasteiger partial charge on any atom is -0.496 e. The quantitative estimate of drug-likeness (QED) is 0.136. The van der Waals surface area contributed by atoms with Crippen LogP contribution < -0.4 is 19.6 Å². The lowest BCUT2D eigenvalue weighted by atomic mass is 9.93. The number of nitro benzene ring substituents is 1. The van der Waals surface area contributed by atoms with Gasteiger partial charge in [-0.3, -0.25) is 19.5 Å². The fourth-order valence-corrected chi connectivity index (χ4v) is 6.08. The molecule has 0 N–H and O–H groups in total. The number of benzene rings is 3. The summed E-state index contributed by atoms with van der Waals surface area (Å²) in [5, 5.41) is 11.4. The Kier molecular flexibility index (Phi) is 7.78. The second kappa shape index (κ2) is 12.0. The van der Waals surface area contributed by atoms with Gasteiger partial charge in [0.1, 0.15) is 17.3 Å². The number of esters is 1. The van der Waals surface area contributed by atoms with Gasteiger partial charge < -0.3 is 13.9 Å². The molecule has 0 aliphatic carbocycles. The monoisotopic (exact) mass is 607 g/mol. The third kappa shape index (κ3) is 5.25. The van der Waals surface area contributed by atoms with Crippen LogP contribution in [0.15, 0.2) is 111 Å². The molecule has 11 heteroatoms. The van der Waals surface area contributed by atoms with E-state index in [1.807, 2.05) is 60.7 Å². The maximum atomic E-state index is 14.0. The van der Waals surface area contributed by atoms with E-state index >= 15 is 0 Å². The van der Waals surface area contributed by atoms with Crippen molar-refractivity contribution >= 4 is 34.8 Å². The molecule has 1 unspecified atom stereocenters. The molecule has 10 nitrogen and oxygen atoms in total. The summed E-state index contributed by atoms with van der Waals surface area (Å²) in [6.07, 6.45) is 1.59. The Labute approximate surface area is 254 Å². The number of rotatable bonds is 8. The van der Waals surface area contributed by atoms with Crippen LogP contribution in [0.2, 0.25) is 0 Å². The van der Waals surface area contributed by atoms with Gasteiger partial charge in [0.25, 0.3) is 11.2 Å². The van der Waals surface area contributed by atoms with Crippen LogP contribution in [0.3, 0.4) is 0 Å². The van der Waals surface area contributed by atoms with Gasteiger partial charge in [-0.1, -0.05) is 72.0 Å². The lowest BCUT2D eigenvalue weighted by Crippen LogP contribution is -2.39. The van der Waals surface area contributed by atoms with Crippen molar-refractivity contribution in [3.8, 4) is 17.1 Å². The van der Waals surface area contributed by atoms with E-state index in [0.29, 0.717) is 37.9 Å². The molecular formula is C33H25N3O7S. The number of furan rings is 1. The first-order chi connectivity index (χ1) is 21.4. The molecule has 44 heavy (non-hydrogen) atoms. The third-order valence-electron chi connectivity index (χ3n) is 7.05.